The molecule has 0 fully saturated rings. The van der Waals surface area contributed by atoms with E-state index in [4.69, 9.17) is 9.84 Å². The smallest absolute Gasteiger partial charge is 0.361 e. The second-order valence-electron chi connectivity index (χ2n) is 2.09. The summed E-state index contributed by atoms with van der Waals surface area (Å²) >= 11 is 0. The lowest BCUT2D eigenvalue weighted by Crippen LogP contribution is -2.28. The second-order valence-corrected chi connectivity index (χ2v) is 2.09. The van der Waals surface area contributed by atoms with E-state index in [1.165, 1.54) is 7.11 Å². The van der Waals surface area contributed by atoms with E-state index in [2.05, 4.69) is 4.74 Å². The fourth-order valence-corrected chi connectivity index (χ4v) is 0.462. The van der Waals surface area contributed by atoms with Crippen LogP contribution in [0.3, 0.4) is 0 Å². The summed E-state index contributed by atoms with van der Waals surface area (Å²) in [5, 5.41) is 8.37. The van der Waals surface area contributed by atoms with Gasteiger partial charge in [0.15, 0.2) is 0 Å². The molecule has 1 N–H and O–H groups in total. The van der Waals surface area contributed by atoms with Gasteiger partial charge in [-0.15, -0.1) is 0 Å². The van der Waals surface area contributed by atoms with Gasteiger partial charge in [0.05, 0.1) is 6.10 Å². The van der Waals surface area contributed by atoms with E-state index in [0.29, 0.717) is 0 Å². The van der Waals surface area contributed by atoms with Gasteiger partial charge in [-0.3, -0.25) is 0 Å². The van der Waals surface area contributed by atoms with E-state index < -0.39 is 12.3 Å². The standard InChI is InChI=1S/C6H12O4/c1-4(2)10-6(9-3)5(7)8/h4,6H,1-3H3,(H,7,8). The molecule has 0 radical (unpaired) electrons. The van der Waals surface area contributed by atoms with Gasteiger partial charge in [0.2, 0.25) is 0 Å². The van der Waals surface area contributed by atoms with Crippen molar-refractivity contribution in [2.24, 2.45) is 0 Å². The zero-order valence-electron chi connectivity index (χ0n) is 6.33. The molecule has 60 valence electrons. The summed E-state index contributed by atoms with van der Waals surface area (Å²) in [6.45, 7) is 3.49. The minimum atomic E-state index is -1.14. The fraction of sp³-hybridized carbons (Fsp3) is 0.833. The largest absolute Gasteiger partial charge is 0.477 e. The first-order valence-electron chi connectivity index (χ1n) is 2.99. The highest BCUT2D eigenvalue weighted by Gasteiger charge is 2.17. The predicted octanol–water partition coefficient (Wildman–Crippen LogP) is 0.468. The quantitative estimate of drug-likeness (QED) is 0.589. The molecule has 0 aromatic heterocycles. The Labute approximate surface area is 59.7 Å². The molecule has 0 aromatic rings. The molecule has 0 aromatic carbocycles. The SMILES string of the molecule is COC(OC(C)C)C(=O)O. The number of hydrogen-bond donors (Lipinski definition) is 1. The van der Waals surface area contributed by atoms with E-state index in [9.17, 15) is 4.79 Å². The second kappa shape index (κ2) is 4.24. The number of carboxylic acids is 1. The summed E-state index contributed by atoms with van der Waals surface area (Å²) in [6.07, 6.45) is -1.28. The monoisotopic (exact) mass is 148 g/mol. The summed E-state index contributed by atoms with van der Waals surface area (Å²) in [7, 11) is 1.29. The Bertz CT molecular complexity index is 110. The topological polar surface area (TPSA) is 55.8 Å². The van der Waals surface area contributed by atoms with Gasteiger partial charge in [-0.2, -0.15) is 0 Å². The Morgan fingerprint density at radius 3 is 2.10 bits per heavy atom. The molecule has 0 spiro atoms. The number of methoxy groups -OCH3 is 1. The van der Waals surface area contributed by atoms with Crippen molar-refractivity contribution in [1.29, 1.82) is 0 Å². The van der Waals surface area contributed by atoms with Gasteiger partial charge < -0.3 is 14.6 Å². The Morgan fingerprint density at radius 1 is 1.50 bits per heavy atom. The molecule has 0 aliphatic rings. The van der Waals surface area contributed by atoms with Crippen LogP contribution in [-0.4, -0.2) is 30.6 Å². The number of aliphatic carboxylic acids is 1. The summed E-state index contributed by atoms with van der Waals surface area (Å²) in [4.78, 5) is 10.2. The highest BCUT2D eigenvalue weighted by atomic mass is 16.7. The van der Waals surface area contributed by atoms with Gasteiger partial charge >= 0.3 is 5.97 Å². The molecule has 0 rings (SSSR count). The summed E-state index contributed by atoms with van der Waals surface area (Å²) in [6, 6.07) is 0. The van der Waals surface area contributed by atoms with E-state index in [1.807, 2.05) is 0 Å². The van der Waals surface area contributed by atoms with Crippen molar-refractivity contribution in [3.8, 4) is 0 Å². The van der Waals surface area contributed by atoms with Crippen molar-refractivity contribution < 1.29 is 19.4 Å². The average Bonchev–Trinajstić information content (AvgIpc) is 1.81. The lowest BCUT2D eigenvalue weighted by molar-refractivity contribution is -0.190. The minimum absolute atomic E-state index is 0.138. The lowest BCUT2D eigenvalue weighted by Gasteiger charge is -2.13. The molecule has 0 heterocycles. The van der Waals surface area contributed by atoms with Crippen LogP contribution in [0.2, 0.25) is 0 Å². The molecular formula is C6H12O4. The number of carbonyl (C=O) groups is 1. The minimum Gasteiger partial charge on any atom is -0.477 e. The van der Waals surface area contributed by atoms with Gasteiger partial charge in [-0.05, 0) is 13.8 Å². The number of carboxylic acid groups (broad SMARTS) is 1. The maximum absolute atomic E-state index is 10.2. The van der Waals surface area contributed by atoms with Crippen molar-refractivity contribution >= 4 is 5.97 Å². The van der Waals surface area contributed by atoms with E-state index in [1.54, 1.807) is 13.8 Å². The fourth-order valence-electron chi connectivity index (χ4n) is 0.462. The Kier molecular flexibility index (Phi) is 3.99. The molecule has 1 unspecified atom stereocenters. The van der Waals surface area contributed by atoms with Crippen molar-refractivity contribution in [3.63, 3.8) is 0 Å². The van der Waals surface area contributed by atoms with E-state index >= 15 is 0 Å². The molecule has 1 atom stereocenters. The van der Waals surface area contributed by atoms with Gasteiger partial charge in [0.1, 0.15) is 0 Å². The maximum atomic E-state index is 10.2. The molecule has 4 nitrogen and oxygen atoms in total. The van der Waals surface area contributed by atoms with Crippen LogP contribution in [0.4, 0.5) is 0 Å². The summed E-state index contributed by atoms with van der Waals surface area (Å²) in [5.74, 6) is -1.10. The molecule has 0 saturated carbocycles. The van der Waals surface area contributed by atoms with Crippen LogP contribution < -0.4 is 0 Å². The molecular weight excluding hydrogens is 136 g/mol. The van der Waals surface area contributed by atoms with Crippen LogP contribution in [0.1, 0.15) is 13.8 Å². The molecule has 0 bridgehead atoms. The maximum Gasteiger partial charge on any atom is 0.361 e. The van der Waals surface area contributed by atoms with Crippen LogP contribution in [0.5, 0.6) is 0 Å². The van der Waals surface area contributed by atoms with Crippen molar-refractivity contribution in [1.82, 2.24) is 0 Å². The molecule has 4 heteroatoms. The Balaban J connectivity index is 3.72. The molecule has 0 aliphatic heterocycles. The normalized spacial score (nSPS) is 13.6. The van der Waals surface area contributed by atoms with Crippen LogP contribution in [0.15, 0.2) is 0 Å². The zero-order chi connectivity index (χ0) is 8.15. The third kappa shape index (κ3) is 3.42. The number of ether oxygens (including phenoxy) is 2. The first kappa shape index (κ1) is 9.39. The van der Waals surface area contributed by atoms with Crippen molar-refractivity contribution in [2.75, 3.05) is 7.11 Å². The Morgan fingerprint density at radius 2 is 2.00 bits per heavy atom. The summed E-state index contributed by atoms with van der Waals surface area (Å²) < 4.78 is 9.34. The third-order valence-electron chi connectivity index (χ3n) is 0.811. The predicted molar refractivity (Wildman–Crippen MR) is 34.7 cm³/mol. The van der Waals surface area contributed by atoms with Gasteiger partial charge in [0.25, 0.3) is 6.29 Å². The van der Waals surface area contributed by atoms with Gasteiger partial charge in [0, 0.05) is 7.11 Å². The molecule has 0 saturated heterocycles. The van der Waals surface area contributed by atoms with Crippen LogP contribution in [0, 0.1) is 0 Å². The van der Waals surface area contributed by atoms with Crippen LogP contribution >= 0.6 is 0 Å². The Hall–Kier alpha value is -0.610. The van der Waals surface area contributed by atoms with Gasteiger partial charge in [-0.1, -0.05) is 0 Å². The first-order valence-corrected chi connectivity index (χ1v) is 2.99. The molecule has 10 heavy (non-hydrogen) atoms. The highest BCUT2D eigenvalue weighted by molar-refractivity contribution is 5.70. The lowest BCUT2D eigenvalue weighted by atomic mass is 10.5. The number of hydrogen-bond acceptors (Lipinski definition) is 3. The highest BCUT2D eigenvalue weighted by Crippen LogP contribution is 1.97. The van der Waals surface area contributed by atoms with Crippen LogP contribution in [0.25, 0.3) is 0 Å². The number of rotatable bonds is 4. The van der Waals surface area contributed by atoms with Crippen LogP contribution in [-0.2, 0) is 14.3 Å². The van der Waals surface area contributed by atoms with E-state index in [-0.39, 0.29) is 6.10 Å². The first-order chi connectivity index (χ1) is 4.57. The summed E-state index contributed by atoms with van der Waals surface area (Å²) in [5.41, 5.74) is 0. The van der Waals surface area contributed by atoms with Crippen molar-refractivity contribution in [2.45, 2.75) is 26.2 Å². The molecule has 0 amide bonds. The van der Waals surface area contributed by atoms with E-state index in [0.717, 1.165) is 0 Å². The molecule has 0 aliphatic carbocycles. The zero-order valence-corrected chi connectivity index (χ0v) is 6.33. The van der Waals surface area contributed by atoms with Gasteiger partial charge in [-0.25, -0.2) is 4.79 Å². The van der Waals surface area contributed by atoms with Crippen molar-refractivity contribution in [3.05, 3.63) is 0 Å². The third-order valence-corrected chi connectivity index (χ3v) is 0.811. The average molecular weight is 148 g/mol.